The lowest BCUT2D eigenvalue weighted by atomic mass is 10.1. The second-order valence-corrected chi connectivity index (χ2v) is 4.87. The van der Waals surface area contributed by atoms with E-state index in [-0.39, 0.29) is 0 Å². The summed E-state index contributed by atoms with van der Waals surface area (Å²) >= 11 is 0. The standard InChI is InChI=1S/C9H6O3.C8H10N2O/c1-5-2-3-6-7(4-5)9(11)12-8(6)10;11-7-9-6-4-8-3-1-2-5-10-8/h2-4H,1H3;1-3,5,7H,4,6H2,(H,9,11). The molecule has 2 heterocycles. The van der Waals surface area contributed by atoms with Crippen LogP contribution in [-0.4, -0.2) is 29.9 Å². The average Bonchev–Trinajstić information content (AvgIpc) is 2.83. The molecule has 6 heteroatoms. The number of ether oxygens (including phenoxy) is 1. The summed E-state index contributed by atoms with van der Waals surface area (Å²) in [5.74, 6) is -1.09. The number of aryl methyl sites for hydroxylation is 1. The van der Waals surface area contributed by atoms with Crippen LogP contribution in [0.2, 0.25) is 0 Å². The number of aromatic nitrogens is 1. The fourth-order valence-corrected chi connectivity index (χ4v) is 2.00. The van der Waals surface area contributed by atoms with Crippen LogP contribution in [-0.2, 0) is 16.0 Å². The third-order valence-corrected chi connectivity index (χ3v) is 3.14. The normalized spacial score (nSPS) is 11.9. The zero-order valence-electron chi connectivity index (χ0n) is 12.6. The molecular weight excluding hydrogens is 296 g/mol. The molecule has 23 heavy (non-hydrogen) atoms. The summed E-state index contributed by atoms with van der Waals surface area (Å²) < 4.78 is 4.41. The molecule has 118 valence electrons. The summed E-state index contributed by atoms with van der Waals surface area (Å²) in [6.45, 7) is 2.51. The van der Waals surface area contributed by atoms with Gasteiger partial charge >= 0.3 is 11.9 Å². The first-order chi connectivity index (χ1) is 11.1. The van der Waals surface area contributed by atoms with Crippen molar-refractivity contribution in [1.82, 2.24) is 10.3 Å². The first kappa shape index (κ1) is 16.4. The highest BCUT2D eigenvalue weighted by atomic mass is 16.6. The zero-order valence-corrected chi connectivity index (χ0v) is 12.6. The molecular formula is C17H16N2O4. The van der Waals surface area contributed by atoms with E-state index in [0.29, 0.717) is 24.1 Å². The summed E-state index contributed by atoms with van der Waals surface area (Å²) in [6, 6.07) is 10.8. The Balaban J connectivity index is 0.000000168. The Hall–Kier alpha value is -3.02. The van der Waals surface area contributed by atoms with Crippen LogP contribution in [0.4, 0.5) is 0 Å². The van der Waals surface area contributed by atoms with Gasteiger partial charge in [-0.1, -0.05) is 17.7 Å². The molecule has 0 fully saturated rings. The van der Waals surface area contributed by atoms with Crippen LogP contribution in [0.3, 0.4) is 0 Å². The van der Waals surface area contributed by atoms with Gasteiger partial charge in [-0.3, -0.25) is 9.78 Å². The van der Waals surface area contributed by atoms with Gasteiger partial charge in [0.2, 0.25) is 6.41 Å². The minimum atomic E-state index is -0.546. The van der Waals surface area contributed by atoms with Gasteiger partial charge in [-0.05, 0) is 31.2 Å². The van der Waals surface area contributed by atoms with E-state index >= 15 is 0 Å². The smallest absolute Gasteiger partial charge is 0.346 e. The summed E-state index contributed by atoms with van der Waals surface area (Å²) in [6.07, 6.45) is 3.23. The number of esters is 2. The molecule has 1 aromatic heterocycles. The van der Waals surface area contributed by atoms with Crippen molar-refractivity contribution in [2.75, 3.05) is 6.54 Å². The molecule has 0 unspecified atom stereocenters. The highest BCUT2D eigenvalue weighted by molar-refractivity contribution is 6.14. The number of pyridine rings is 1. The molecule has 0 spiro atoms. The number of nitrogens with one attached hydrogen (secondary N) is 1. The van der Waals surface area contributed by atoms with E-state index in [9.17, 15) is 14.4 Å². The number of cyclic esters (lactones) is 2. The fraction of sp³-hybridized carbons (Fsp3) is 0.176. The van der Waals surface area contributed by atoms with Crippen molar-refractivity contribution in [2.24, 2.45) is 0 Å². The lowest BCUT2D eigenvalue weighted by Crippen LogP contribution is -2.14. The quantitative estimate of drug-likeness (QED) is 0.402. The van der Waals surface area contributed by atoms with Gasteiger partial charge in [-0.15, -0.1) is 0 Å². The van der Waals surface area contributed by atoms with Crippen LogP contribution in [0.25, 0.3) is 0 Å². The van der Waals surface area contributed by atoms with Crippen LogP contribution in [0.15, 0.2) is 42.6 Å². The van der Waals surface area contributed by atoms with Gasteiger partial charge in [0.05, 0.1) is 11.1 Å². The Kier molecular flexibility index (Phi) is 5.57. The number of carbonyl (C=O) groups excluding carboxylic acids is 3. The third kappa shape index (κ3) is 4.47. The minimum Gasteiger partial charge on any atom is -0.386 e. The number of carbonyl (C=O) groups is 3. The average molecular weight is 312 g/mol. The Labute approximate surface area is 133 Å². The summed E-state index contributed by atoms with van der Waals surface area (Å²) in [7, 11) is 0. The second-order valence-electron chi connectivity index (χ2n) is 4.87. The molecule has 6 nitrogen and oxygen atoms in total. The van der Waals surface area contributed by atoms with E-state index in [2.05, 4.69) is 15.0 Å². The van der Waals surface area contributed by atoms with Crippen LogP contribution in [0, 0.1) is 6.92 Å². The number of hydrogen-bond acceptors (Lipinski definition) is 5. The lowest BCUT2D eigenvalue weighted by molar-refractivity contribution is -0.109. The Morgan fingerprint density at radius 1 is 1.13 bits per heavy atom. The molecule has 0 bridgehead atoms. The number of fused-ring (bicyclic) bond motifs is 1. The van der Waals surface area contributed by atoms with Crippen molar-refractivity contribution >= 4 is 18.3 Å². The molecule has 1 aromatic carbocycles. The molecule has 1 aliphatic rings. The Morgan fingerprint density at radius 3 is 2.61 bits per heavy atom. The molecule has 0 saturated carbocycles. The van der Waals surface area contributed by atoms with Crippen molar-refractivity contribution in [1.29, 1.82) is 0 Å². The number of amides is 1. The van der Waals surface area contributed by atoms with Crippen molar-refractivity contribution < 1.29 is 19.1 Å². The van der Waals surface area contributed by atoms with E-state index in [1.165, 1.54) is 0 Å². The summed E-state index contributed by atoms with van der Waals surface area (Å²) in [5.41, 5.74) is 2.69. The van der Waals surface area contributed by atoms with E-state index in [1.807, 2.05) is 25.1 Å². The van der Waals surface area contributed by atoms with Gasteiger partial charge < -0.3 is 10.1 Å². The summed E-state index contributed by atoms with van der Waals surface area (Å²) in [5, 5.41) is 2.58. The van der Waals surface area contributed by atoms with Crippen molar-refractivity contribution in [3.63, 3.8) is 0 Å². The van der Waals surface area contributed by atoms with Crippen LogP contribution >= 0.6 is 0 Å². The van der Waals surface area contributed by atoms with E-state index in [4.69, 9.17) is 0 Å². The highest BCUT2D eigenvalue weighted by Gasteiger charge is 2.28. The molecule has 1 amide bonds. The first-order valence-electron chi connectivity index (χ1n) is 7.06. The Morgan fingerprint density at radius 2 is 1.91 bits per heavy atom. The van der Waals surface area contributed by atoms with Gasteiger partial charge in [-0.25, -0.2) is 9.59 Å². The lowest BCUT2D eigenvalue weighted by Gasteiger charge is -1.97. The van der Waals surface area contributed by atoms with Crippen LogP contribution < -0.4 is 5.32 Å². The van der Waals surface area contributed by atoms with E-state index < -0.39 is 11.9 Å². The maximum Gasteiger partial charge on any atom is 0.346 e. The van der Waals surface area contributed by atoms with Gasteiger partial charge in [0.1, 0.15) is 0 Å². The third-order valence-electron chi connectivity index (χ3n) is 3.14. The van der Waals surface area contributed by atoms with Gasteiger partial charge in [-0.2, -0.15) is 0 Å². The second kappa shape index (κ2) is 7.84. The predicted molar refractivity (Wildman–Crippen MR) is 82.9 cm³/mol. The monoisotopic (exact) mass is 312 g/mol. The largest absolute Gasteiger partial charge is 0.386 e. The molecule has 0 saturated heterocycles. The first-order valence-corrected chi connectivity index (χ1v) is 7.06. The van der Waals surface area contributed by atoms with Crippen LogP contribution in [0.5, 0.6) is 0 Å². The number of rotatable bonds is 4. The molecule has 1 N–H and O–H groups in total. The SMILES string of the molecule is Cc1ccc2c(c1)C(=O)OC2=O.O=CNCCc1ccccn1. The Bertz CT molecular complexity index is 714. The highest BCUT2D eigenvalue weighted by Crippen LogP contribution is 2.20. The van der Waals surface area contributed by atoms with E-state index in [1.54, 1.807) is 24.4 Å². The molecule has 0 atom stereocenters. The van der Waals surface area contributed by atoms with Crippen molar-refractivity contribution in [3.05, 3.63) is 65.0 Å². The van der Waals surface area contributed by atoms with Crippen molar-refractivity contribution in [3.8, 4) is 0 Å². The van der Waals surface area contributed by atoms with Crippen LogP contribution in [0.1, 0.15) is 32.0 Å². The van der Waals surface area contributed by atoms with Crippen molar-refractivity contribution in [2.45, 2.75) is 13.3 Å². The molecule has 2 aromatic rings. The maximum absolute atomic E-state index is 11.0. The number of hydrogen-bond donors (Lipinski definition) is 1. The van der Waals surface area contributed by atoms with Gasteiger partial charge in [0, 0.05) is 24.9 Å². The van der Waals surface area contributed by atoms with Gasteiger partial charge in [0.15, 0.2) is 0 Å². The number of nitrogens with zero attached hydrogens (tertiary/aromatic N) is 1. The van der Waals surface area contributed by atoms with E-state index in [0.717, 1.165) is 17.7 Å². The zero-order chi connectivity index (χ0) is 16.7. The topological polar surface area (TPSA) is 85.4 Å². The molecule has 1 aliphatic heterocycles. The minimum absolute atomic E-state index is 0.366. The predicted octanol–water partition coefficient (Wildman–Crippen LogP) is 1.68. The molecule has 0 aliphatic carbocycles. The maximum atomic E-state index is 11.0. The molecule has 3 rings (SSSR count). The molecule has 0 radical (unpaired) electrons. The fourth-order valence-electron chi connectivity index (χ4n) is 2.00. The summed E-state index contributed by atoms with van der Waals surface area (Å²) in [4.78, 5) is 35.9. The number of benzene rings is 1. The van der Waals surface area contributed by atoms with Gasteiger partial charge in [0.25, 0.3) is 0 Å².